The molecule has 1 heterocycles. The molecule has 2 aliphatic rings. The number of rotatable bonds is 3. The highest BCUT2D eigenvalue weighted by Gasteiger charge is 2.34. The molecule has 1 saturated carbocycles. The van der Waals surface area contributed by atoms with Crippen molar-refractivity contribution < 1.29 is 0 Å². The van der Waals surface area contributed by atoms with E-state index < -0.39 is 0 Å². The summed E-state index contributed by atoms with van der Waals surface area (Å²) in [6.07, 6.45) is 4.24. The third kappa shape index (κ3) is 2.73. The monoisotopic (exact) mass is 210 g/mol. The SMILES string of the molecule is CCNC1CC(C)CN(C2CC(C)C2)C1. The molecule has 1 saturated heterocycles. The molecule has 1 aliphatic heterocycles. The second-order valence-corrected chi connectivity index (χ2v) is 5.78. The molecule has 1 aliphatic carbocycles. The van der Waals surface area contributed by atoms with Gasteiger partial charge < -0.3 is 5.32 Å². The molecule has 1 N–H and O–H groups in total. The lowest BCUT2D eigenvalue weighted by Crippen LogP contribution is -2.55. The lowest BCUT2D eigenvalue weighted by Gasteiger charge is -2.47. The van der Waals surface area contributed by atoms with Crippen LogP contribution in [0.3, 0.4) is 0 Å². The molecule has 0 aromatic heterocycles. The average Bonchev–Trinajstić information content (AvgIpc) is 2.12. The molecule has 88 valence electrons. The van der Waals surface area contributed by atoms with E-state index in [1.165, 1.54) is 32.4 Å². The van der Waals surface area contributed by atoms with Crippen molar-refractivity contribution in [2.24, 2.45) is 11.8 Å². The van der Waals surface area contributed by atoms with Crippen LogP contribution < -0.4 is 5.32 Å². The third-order valence-corrected chi connectivity index (χ3v) is 4.05. The molecule has 0 aromatic rings. The molecular formula is C13H26N2. The zero-order valence-corrected chi connectivity index (χ0v) is 10.5. The van der Waals surface area contributed by atoms with Crippen molar-refractivity contribution in [2.45, 2.75) is 52.1 Å². The third-order valence-electron chi connectivity index (χ3n) is 4.05. The number of hydrogen-bond donors (Lipinski definition) is 1. The van der Waals surface area contributed by atoms with Crippen molar-refractivity contribution in [3.8, 4) is 0 Å². The van der Waals surface area contributed by atoms with Crippen LogP contribution >= 0.6 is 0 Å². The summed E-state index contributed by atoms with van der Waals surface area (Å²) in [5, 5.41) is 3.62. The van der Waals surface area contributed by atoms with Gasteiger partial charge in [0.15, 0.2) is 0 Å². The van der Waals surface area contributed by atoms with Gasteiger partial charge in [0.25, 0.3) is 0 Å². The second kappa shape index (κ2) is 4.84. The summed E-state index contributed by atoms with van der Waals surface area (Å²) in [6, 6.07) is 1.65. The first-order chi connectivity index (χ1) is 7.19. The largest absolute Gasteiger partial charge is 0.313 e. The normalized spacial score (nSPS) is 42.6. The first-order valence-corrected chi connectivity index (χ1v) is 6.66. The molecule has 2 heteroatoms. The van der Waals surface area contributed by atoms with Gasteiger partial charge in [-0.05, 0) is 37.6 Å². The van der Waals surface area contributed by atoms with Crippen LogP contribution in [0.15, 0.2) is 0 Å². The number of piperidine rings is 1. The van der Waals surface area contributed by atoms with Crippen molar-refractivity contribution in [2.75, 3.05) is 19.6 Å². The number of likely N-dealkylation sites (N-methyl/N-ethyl adjacent to an activating group) is 1. The standard InChI is InChI=1S/C13H26N2/c1-4-14-12-5-11(3)8-15(9-12)13-6-10(2)7-13/h10-14H,4-9H2,1-3H3. The minimum Gasteiger partial charge on any atom is -0.313 e. The highest BCUT2D eigenvalue weighted by molar-refractivity contribution is 4.91. The Kier molecular flexibility index (Phi) is 3.68. The molecule has 0 bridgehead atoms. The smallest absolute Gasteiger partial charge is 0.0198 e. The van der Waals surface area contributed by atoms with Crippen LogP contribution in [-0.2, 0) is 0 Å². The highest BCUT2D eigenvalue weighted by Crippen LogP contribution is 2.33. The van der Waals surface area contributed by atoms with Gasteiger partial charge in [0.1, 0.15) is 0 Å². The maximum Gasteiger partial charge on any atom is 0.0198 e. The number of likely N-dealkylation sites (tertiary alicyclic amines) is 1. The fourth-order valence-corrected chi connectivity index (χ4v) is 3.29. The first-order valence-electron chi connectivity index (χ1n) is 6.66. The molecule has 2 nitrogen and oxygen atoms in total. The quantitative estimate of drug-likeness (QED) is 0.767. The van der Waals surface area contributed by atoms with Gasteiger partial charge in [-0.2, -0.15) is 0 Å². The number of nitrogens with zero attached hydrogens (tertiary/aromatic N) is 1. The Morgan fingerprint density at radius 1 is 1.07 bits per heavy atom. The summed E-state index contributed by atoms with van der Waals surface area (Å²) in [5.74, 6) is 1.85. The molecule has 0 aromatic carbocycles. The van der Waals surface area contributed by atoms with Gasteiger partial charge in [0.05, 0.1) is 0 Å². The summed E-state index contributed by atoms with van der Waals surface area (Å²) in [4.78, 5) is 2.74. The number of hydrogen-bond acceptors (Lipinski definition) is 2. The minimum absolute atomic E-state index is 0.745. The van der Waals surface area contributed by atoms with Gasteiger partial charge in [0.2, 0.25) is 0 Å². The van der Waals surface area contributed by atoms with Crippen molar-refractivity contribution in [3.63, 3.8) is 0 Å². The molecule has 0 radical (unpaired) electrons. The first kappa shape index (κ1) is 11.4. The molecule has 2 rings (SSSR count). The minimum atomic E-state index is 0.745. The fraction of sp³-hybridized carbons (Fsp3) is 1.00. The van der Waals surface area contributed by atoms with Gasteiger partial charge in [-0.3, -0.25) is 4.90 Å². The van der Waals surface area contributed by atoms with E-state index in [9.17, 15) is 0 Å². The van der Waals surface area contributed by atoms with E-state index >= 15 is 0 Å². The maximum absolute atomic E-state index is 3.62. The number of nitrogens with one attached hydrogen (secondary N) is 1. The van der Waals surface area contributed by atoms with E-state index in [-0.39, 0.29) is 0 Å². The Hall–Kier alpha value is -0.0800. The molecule has 2 fully saturated rings. The van der Waals surface area contributed by atoms with Gasteiger partial charge >= 0.3 is 0 Å². The maximum atomic E-state index is 3.62. The predicted octanol–water partition coefficient (Wildman–Crippen LogP) is 2.10. The van der Waals surface area contributed by atoms with E-state index in [2.05, 4.69) is 31.0 Å². The van der Waals surface area contributed by atoms with Crippen molar-refractivity contribution in [1.29, 1.82) is 0 Å². The zero-order valence-electron chi connectivity index (χ0n) is 10.5. The molecular weight excluding hydrogens is 184 g/mol. The molecule has 2 atom stereocenters. The Labute approximate surface area is 94.4 Å². The average molecular weight is 210 g/mol. The van der Waals surface area contributed by atoms with Crippen molar-refractivity contribution >= 4 is 0 Å². The molecule has 0 amide bonds. The van der Waals surface area contributed by atoms with Crippen LogP contribution in [0.5, 0.6) is 0 Å². The summed E-state index contributed by atoms with van der Waals surface area (Å²) in [6.45, 7) is 10.7. The van der Waals surface area contributed by atoms with Crippen molar-refractivity contribution in [1.82, 2.24) is 10.2 Å². The Balaban J connectivity index is 1.83. The topological polar surface area (TPSA) is 15.3 Å². The summed E-state index contributed by atoms with van der Waals surface area (Å²) >= 11 is 0. The lowest BCUT2D eigenvalue weighted by atomic mass is 9.79. The van der Waals surface area contributed by atoms with Gasteiger partial charge in [-0.15, -0.1) is 0 Å². The summed E-state index contributed by atoms with van der Waals surface area (Å²) < 4.78 is 0. The lowest BCUT2D eigenvalue weighted by molar-refractivity contribution is 0.0379. The van der Waals surface area contributed by atoms with Crippen LogP contribution in [0.4, 0.5) is 0 Å². The molecule has 2 unspecified atom stereocenters. The Morgan fingerprint density at radius 3 is 2.40 bits per heavy atom. The van der Waals surface area contributed by atoms with E-state index in [4.69, 9.17) is 0 Å². The second-order valence-electron chi connectivity index (χ2n) is 5.78. The Morgan fingerprint density at radius 2 is 1.80 bits per heavy atom. The zero-order chi connectivity index (χ0) is 10.8. The Bertz CT molecular complexity index is 199. The summed E-state index contributed by atoms with van der Waals surface area (Å²) in [7, 11) is 0. The van der Waals surface area contributed by atoms with E-state index in [1.807, 2.05) is 0 Å². The van der Waals surface area contributed by atoms with Crippen LogP contribution in [0.25, 0.3) is 0 Å². The van der Waals surface area contributed by atoms with Crippen LogP contribution in [0, 0.1) is 11.8 Å². The van der Waals surface area contributed by atoms with E-state index in [1.54, 1.807) is 0 Å². The highest BCUT2D eigenvalue weighted by atomic mass is 15.2. The fourth-order valence-electron chi connectivity index (χ4n) is 3.29. The van der Waals surface area contributed by atoms with Crippen molar-refractivity contribution in [3.05, 3.63) is 0 Å². The molecule has 15 heavy (non-hydrogen) atoms. The summed E-state index contributed by atoms with van der Waals surface area (Å²) in [5.41, 5.74) is 0. The van der Waals surface area contributed by atoms with E-state index in [0.717, 1.165) is 30.5 Å². The van der Waals surface area contributed by atoms with Crippen LogP contribution in [-0.4, -0.2) is 36.6 Å². The van der Waals surface area contributed by atoms with Gasteiger partial charge in [0, 0.05) is 25.2 Å². The van der Waals surface area contributed by atoms with Crippen LogP contribution in [0.1, 0.15) is 40.0 Å². The van der Waals surface area contributed by atoms with Crippen LogP contribution in [0.2, 0.25) is 0 Å². The van der Waals surface area contributed by atoms with Gasteiger partial charge in [-0.1, -0.05) is 20.8 Å². The predicted molar refractivity (Wildman–Crippen MR) is 65.0 cm³/mol. The molecule has 0 spiro atoms. The van der Waals surface area contributed by atoms with E-state index in [0.29, 0.717) is 0 Å². The van der Waals surface area contributed by atoms with Gasteiger partial charge in [-0.25, -0.2) is 0 Å².